The normalized spacial score (nSPS) is 11.4. The molecule has 0 fully saturated rings. The third-order valence-corrected chi connectivity index (χ3v) is 3.15. The fourth-order valence-electron chi connectivity index (χ4n) is 2.02. The molecule has 0 saturated heterocycles. The molecule has 6 heteroatoms. The van der Waals surface area contributed by atoms with E-state index in [2.05, 4.69) is 10.0 Å². The van der Waals surface area contributed by atoms with Crippen LogP contribution >= 0.6 is 0 Å². The summed E-state index contributed by atoms with van der Waals surface area (Å²) in [5.74, 6) is -0.208. The number of rotatable bonds is 8. The van der Waals surface area contributed by atoms with Gasteiger partial charge in [-0.05, 0) is 43.0 Å². The van der Waals surface area contributed by atoms with Crippen LogP contribution in [0, 0.1) is 0 Å². The van der Waals surface area contributed by atoms with Crippen molar-refractivity contribution in [2.45, 2.75) is 32.2 Å². The molecule has 0 aliphatic heterocycles. The quantitative estimate of drug-likeness (QED) is 0.316. The van der Waals surface area contributed by atoms with E-state index >= 15 is 0 Å². The third kappa shape index (κ3) is 5.75. The molecule has 0 amide bonds. The Morgan fingerprint density at radius 2 is 2.05 bits per heavy atom. The molecule has 0 radical (unpaired) electrons. The zero-order valence-corrected chi connectivity index (χ0v) is 12.8. The maximum absolute atomic E-state index is 11.3. The number of carbonyl (C=O) groups is 1. The first-order chi connectivity index (χ1) is 10.1. The second kappa shape index (κ2) is 8.87. The summed E-state index contributed by atoms with van der Waals surface area (Å²) in [5.41, 5.74) is 10.7. The molecule has 0 N–H and O–H groups in total. The lowest BCUT2D eigenvalue weighted by molar-refractivity contribution is -0.143. The van der Waals surface area contributed by atoms with Gasteiger partial charge in [0.1, 0.15) is 0 Å². The molecule has 0 heterocycles. The fraction of sp³-hybridized carbons (Fsp3) is 0.533. The van der Waals surface area contributed by atoms with Gasteiger partial charge in [0.15, 0.2) is 0 Å². The molecule has 0 aromatic heterocycles. The van der Waals surface area contributed by atoms with Crippen molar-refractivity contribution in [3.8, 4) is 0 Å². The van der Waals surface area contributed by atoms with Crippen molar-refractivity contribution in [3.63, 3.8) is 0 Å². The Balaban J connectivity index is 2.64. The van der Waals surface area contributed by atoms with Crippen LogP contribution in [0.4, 0.5) is 5.69 Å². The average Bonchev–Trinajstić information content (AvgIpc) is 2.47. The molecule has 1 unspecified atom stereocenters. The van der Waals surface area contributed by atoms with E-state index in [-0.39, 0.29) is 12.0 Å². The number of esters is 1. The highest BCUT2D eigenvalue weighted by molar-refractivity contribution is 5.69. The van der Waals surface area contributed by atoms with Crippen molar-refractivity contribution in [1.29, 1.82) is 0 Å². The molecular weight excluding hydrogens is 268 g/mol. The van der Waals surface area contributed by atoms with Crippen LogP contribution in [0.2, 0.25) is 0 Å². The second-order valence-electron chi connectivity index (χ2n) is 4.90. The molecule has 1 rings (SSSR count). The SMILES string of the molecule is CCOC(=O)CCCC(N=[N+]=[N-])c1ccc(N(C)C)cc1. The van der Waals surface area contributed by atoms with E-state index in [0.29, 0.717) is 25.9 Å². The Morgan fingerprint density at radius 3 is 2.57 bits per heavy atom. The van der Waals surface area contributed by atoms with Crippen molar-refractivity contribution < 1.29 is 9.53 Å². The smallest absolute Gasteiger partial charge is 0.305 e. The molecule has 1 aromatic rings. The van der Waals surface area contributed by atoms with Gasteiger partial charge < -0.3 is 9.64 Å². The molecule has 0 aliphatic carbocycles. The number of benzene rings is 1. The lowest BCUT2D eigenvalue weighted by Gasteiger charge is -2.15. The minimum Gasteiger partial charge on any atom is -0.466 e. The summed E-state index contributed by atoms with van der Waals surface area (Å²) in [6.45, 7) is 2.18. The average molecular weight is 290 g/mol. The van der Waals surface area contributed by atoms with Gasteiger partial charge >= 0.3 is 5.97 Å². The molecule has 1 aromatic carbocycles. The first-order valence-electron chi connectivity index (χ1n) is 7.05. The number of hydrogen-bond acceptors (Lipinski definition) is 4. The molecule has 0 spiro atoms. The number of azide groups is 1. The van der Waals surface area contributed by atoms with Gasteiger partial charge in [0.2, 0.25) is 0 Å². The highest BCUT2D eigenvalue weighted by Crippen LogP contribution is 2.25. The Kier molecular flexibility index (Phi) is 7.12. The Hall–Kier alpha value is -2.20. The maximum Gasteiger partial charge on any atom is 0.305 e. The van der Waals surface area contributed by atoms with Crippen molar-refractivity contribution in [1.82, 2.24) is 0 Å². The Bertz CT molecular complexity index is 493. The lowest BCUT2D eigenvalue weighted by atomic mass is 10.0. The van der Waals surface area contributed by atoms with Crippen molar-refractivity contribution in [2.75, 3.05) is 25.6 Å². The van der Waals surface area contributed by atoms with Gasteiger partial charge in [0.05, 0.1) is 12.6 Å². The Morgan fingerprint density at radius 1 is 1.38 bits per heavy atom. The number of hydrogen-bond donors (Lipinski definition) is 0. The first-order valence-corrected chi connectivity index (χ1v) is 7.05. The van der Waals surface area contributed by atoms with Gasteiger partial charge in [0, 0.05) is 31.1 Å². The van der Waals surface area contributed by atoms with E-state index in [4.69, 9.17) is 10.3 Å². The summed E-state index contributed by atoms with van der Waals surface area (Å²) in [4.78, 5) is 16.2. The molecular formula is C15H22N4O2. The minimum absolute atomic E-state index is 0.208. The second-order valence-corrected chi connectivity index (χ2v) is 4.90. The van der Waals surface area contributed by atoms with Crippen molar-refractivity contribution >= 4 is 11.7 Å². The van der Waals surface area contributed by atoms with Crippen molar-refractivity contribution in [2.24, 2.45) is 5.11 Å². The van der Waals surface area contributed by atoms with Gasteiger partial charge in [-0.1, -0.05) is 17.2 Å². The number of carbonyl (C=O) groups excluding carboxylic acids is 1. The summed E-state index contributed by atoms with van der Waals surface area (Å²) in [7, 11) is 3.94. The molecule has 21 heavy (non-hydrogen) atoms. The predicted molar refractivity (Wildman–Crippen MR) is 83.1 cm³/mol. The summed E-state index contributed by atoms with van der Waals surface area (Å²) in [6.07, 6.45) is 1.61. The first kappa shape index (κ1) is 16.9. The van der Waals surface area contributed by atoms with Crippen LogP contribution < -0.4 is 4.90 Å². The van der Waals surface area contributed by atoms with E-state index in [0.717, 1.165) is 11.3 Å². The van der Waals surface area contributed by atoms with Gasteiger partial charge in [0.25, 0.3) is 0 Å². The van der Waals surface area contributed by atoms with Crippen LogP contribution in [-0.2, 0) is 9.53 Å². The maximum atomic E-state index is 11.3. The van der Waals surface area contributed by atoms with E-state index in [9.17, 15) is 4.79 Å². The molecule has 1 atom stereocenters. The minimum atomic E-state index is -0.249. The highest BCUT2D eigenvalue weighted by atomic mass is 16.5. The highest BCUT2D eigenvalue weighted by Gasteiger charge is 2.11. The van der Waals surface area contributed by atoms with Gasteiger partial charge in [-0.15, -0.1) is 0 Å². The predicted octanol–water partition coefficient (Wildman–Crippen LogP) is 3.84. The molecule has 114 valence electrons. The standard InChI is InChI=1S/C15H22N4O2/c1-4-21-15(20)7-5-6-14(17-18-16)12-8-10-13(11-9-12)19(2)3/h8-11,14H,4-7H2,1-3H3. The van der Waals surface area contributed by atoms with E-state index < -0.39 is 0 Å². The molecule has 0 saturated carbocycles. The summed E-state index contributed by atoms with van der Waals surface area (Å²) >= 11 is 0. The fourth-order valence-corrected chi connectivity index (χ4v) is 2.02. The van der Waals surface area contributed by atoms with Crippen LogP contribution in [0.15, 0.2) is 29.4 Å². The molecule has 0 bridgehead atoms. The van der Waals surface area contributed by atoms with E-state index in [1.165, 1.54) is 0 Å². The van der Waals surface area contributed by atoms with Crippen LogP contribution in [0.25, 0.3) is 10.4 Å². The van der Waals surface area contributed by atoms with E-state index in [1.54, 1.807) is 6.92 Å². The van der Waals surface area contributed by atoms with Crippen LogP contribution in [0.1, 0.15) is 37.8 Å². The van der Waals surface area contributed by atoms with Gasteiger partial charge in [-0.3, -0.25) is 4.79 Å². The molecule has 0 aliphatic rings. The molecule has 6 nitrogen and oxygen atoms in total. The summed E-state index contributed by atoms with van der Waals surface area (Å²) in [5, 5.41) is 3.83. The summed E-state index contributed by atoms with van der Waals surface area (Å²) in [6, 6.07) is 7.64. The third-order valence-electron chi connectivity index (χ3n) is 3.15. The van der Waals surface area contributed by atoms with Crippen LogP contribution in [-0.4, -0.2) is 26.7 Å². The number of ether oxygens (including phenoxy) is 1. The van der Waals surface area contributed by atoms with Crippen LogP contribution in [0.5, 0.6) is 0 Å². The Labute approximate surface area is 125 Å². The zero-order valence-electron chi connectivity index (χ0n) is 12.8. The summed E-state index contributed by atoms with van der Waals surface area (Å²) < 4.78 is 4.88. The van der Waals surface area contributed by atoms with Gasteiger partial charge in [-0.2, -0.15) is 0 Å². The van der Waals surface area contributed by atoms with Gasteiger partial charge in [-0.25, -0.2) is 0 Å². The topological polar surface area (TPSA) is 78.3 Å². The van der Waals surface area contributed by atoms with E-state index in [1.807, 2.05) is 43.3 Å². The number of nitrogens with zero attached hydrogens (tertiary/aromatic N) is 4. The zero-order chi connectivity index (χ0) is 15.7. The lowest BCUT2D eigenvalue weighted by Crippen LogP contribution is -2.08. The largest absolute Gasteiger partial charge is 0.466 e. The monoisotopic (exact) mass is 290 g/mol. The number of anilines is 1. The van der Waals surface area contributed by atoms with Crippen molar-refractivity contribution in [3.05, 3.63) is 40.3 Å². The van der Waals surface area contributed by atoms with Crippen LogP contribution in [0.3, 0.4) is 0 Å².